The van der Waals surface area contributed by atoms with Gasteiger partial charge in [0.25, 0.3) is 0 Å². The van der Waals surface area contributed by atoms with E-state index in [2.05, 4.69) is 40.2 Å². The fraction of sp³-hybridized carbons (Fsp3) is 0.292. The molecule has 1 atom stereocenters. The molecule has 0 saturated carbocycles. The summed E-state index contributed by atoms with van der Waals surface area (Å²) in [6.07, 6.45) is -2.41. The van der Waals surface area contributed by atoms with E-state index in [9.17, 15) is 13.2 Å². The van der Waals surface area contributed by atoms with E-state index < -0.39 is 11.9 Å². The summed E-state index contributed by atoms with van der Waals surface area (Å²) < 4.78 is 48.6. The Kier molecular flexibility index (Phi) is 5.97. The molecule has 4 aromatic rings. The van der Waals surface area contributed by atoms with Crippen LogP contribution in [0.5, 0.6) is 5.75 Å². The molecule has 0 aliphatic rings. The lowest BCUT2D eigenvalue weighted by molar-refractivity contribution is -0.141. The third kappa shape index (κ3) is 4.36. The van der Waals surface area contributed by atoms with E-state index in [-0.39, 0.29) is 12.5 Å². The first-order chi connectivity index (χ1) is 15.3. The van der Waals surface area contributed by atoms with E-state index in [0.29, 0.717) is 23.7 Å². The van der Waals surface area contributed by atoms with Gasteiger partial charge >= 0.3 is 6.18 Å². The molecule has 4 rings (SSSR count). The van der Waals surface area contributed by atoms with Crippen LogP contribution in [0.15, 0.2) is 60.8 Å². The molecule has 8 heteroatoms. The maximum Gasteiger partial charge on any atom is 0.435 e. The van der Waals surface area contributed by atoms with Gasteiger partial charge in [-0.05, 0) is 35.7 Å². The molecule has 0 radical (unpaired) electrons. The van der Waals surface area contributed by atoms with Crippen LogP contribution in [0.25, 0.3) is 16.6 Å². The summed E-state index contributed by atoms with van der Waals surface area (Å²) in [5, 5.41) is 8.31. The number of nitrogens with zero attached hydrogens (tertiary/aromatic N) is 3. The average Bonchev–Trinajstić information content (AvgIpc) is 3.36. The fourth-order valence-electron chi connectivity index (χ4n) is 3.94. The highest BCUT2D eigenvalue weighted by Crippen LogP contribution is 2.30. The molecule has 0 spiro atoms. The van der Waals surface area contributed by atoms with Gasteiger partial charge in [0, 0.05) is 43.3 Å². The highest BCUT2D eigenvalue weighted by atomic mass is 19.4. The summed E-state index contributed by atoms with van der Waals surface area (Å²) in [5.74, 6) is 0.728. The molecule has 0 bridgehead atoms. The Morgan fingerprint density at radius 3 is 2.62 bits per heavy atom. The lowest BCUT2D eigenvalue weighted by Gasteiger charge is -2.13. The Bertz CT molecular complexity index is 1230. The van der Waals surface area contributed by atoms with Gasteiger partial charge < -0.3 is 14.6 Å². The van der Waals surface area contributed by atoms with Crippen LogP contribution in [0.2, 0.25) is 0 Å². The molecule has 2 aromatic heterocycles. The van der Waals surface area contributed by atoms with Crippen molar-refractivity contribution in [2.75, 3.05) is 13.7 Å². The molecule has 0 saturated heterocycles. The number of hydrogen-bond donors (Lipinski definition) is 1. The van der Waals surface area contributed by atoms with Crippen molar-refractivity contribution in [3.05, 3.63) is 77.7 Å². The van der Waals surface area contributed by atoms with E-state index in [1.807, 2.05) is 19.2 Å². The van der Waals surface area contributed by atoms with Crippen molar-refractivity contribution in [3.8, 4) is 11.4 Å². The number of rotatable bonds is 7. The predicted molar refractivity (Wildman–Crippen MR) is 118 cm³/mol. The van der Waals surface area contributed by atoms with Crippen LogP contribution >= 0.6 is 0 Å². The van der Waals surface area contributed by atoms with Crippen LogP contribution in [-0.2, 0) is 19.8 Å². The number of aryl methyl sites for hydroxylation is 1. The second-order valence-electron chi connectivity index (χ2n) is 7.88. The zero-order chi connectivity index (χ0) is 22.9. The lowest BCUT2D eigenvalue weighted by atomic mass is 10.0. The number of alkyl halides is 3. The van der Waals surface area contributed by atoms with Crippen molar-refractivity contribution in [2.45, 2.75) is 25.6 Å². The largest absolute Gasteiger partial charge is 0.497 e. The maximum atomic E-state index is 13.3. The average molecular weight is 442 g/mol. The van der Waals surface area contributed by atoms with Crippen LogP contribution < -0.4 is 10.1 Å². The minimum absolute atomic E-state index is 0.177. The van der Waals surface area contributed by atoms with Crippen molar-refractivity contribution >= 4 is 10.9 Å². The molecule has 0 aliphatic heterocycles. The maximum absolute atomic E-state index is 13.3. The van der Waals surface area contributed by atoms with E-state index >= 15 is 0 Å². The van der Waals surface area contributed by atoms with Crippen molar-refractivity contribution < 1.29 is 17.9 Å². The molecule has 0 aliphatic carbocycles. The van der Waals surface area contributed by atoms with Gasteiger partial charge in [-0.2, -0.15) is 18.3 Å². The molecule has 2 heterocycles. The smallest absolute Gasteiger partial charge is 0.435 e. The molecule has 168 valence electrons. The minimum atomic E-state index is -4.52. The van der Waals surface area contributed by atoms with Gasteiger partial charge in [0.2, 0.25) is 0 Å². The molecule has 1 unspecified atom stereocenters. The third-order valence-electron chi connectivity index (χ3n) is 5.59. The Morgan fingerprint density at radius 2 is 1.88 bits per heavy atom. The number of para-hydroxylation sites is 1. The second kappa shape index (κ2) is 8.70. The quantitative estimate of drug-likeness (QED) is 0.423. The number of nitrogens with one attached hydrogen (secondary N) is 1. The molecule has 0 amide bonds. The van der Waals surface area contributed by atoms with E-state index in [4.69, 9.17) is 4.74 Å². The number of fused-ring (bicyclic) bond motifs is 1. The molecule has 1 N–H and O–H groups in total. The molecular formula is C24H25F3N4O. The van der Waals surface area contributed by atoms with Gasteiger partial charge in [0.05, 0.1) is 18.5 Å². The van der Waals surface area contributed by atoms with E-state index in [1.165, 1.54) is 22.7 Å². The van der Waals surface area contributed by atoms with Gasteiger partial charge in [-0.3, -0.25) is 0 Å². The fourth-order valence-corrected chi connectivity index (χ4v) is 3.94. The van der Waals surface area contributed by atoms with Crippen LogP contribution in [0.4, 0.5) is 13.2 Å². The highest BCUT2D eigenvalue weighted by Gasteiger charge is 2.35. The zero-order valence-electron chi connectivity index (χ0n) is 18.1. The predicted octanol–water partition coefficient (Wildman–Crippen LogP) is 5.28. The third-order valence-corrected chi connectivity index (χ3v) is 5.59. The topological polar surface area (TPSA) is 44.0 Å². The van der Waals surface area contributed by atoms with Crippen LogP contribution in [0.3, 0.4) is 0 Å². The summed E-state index contributed by atoms with van der Waals surface area (Å²) in [6, 6.07) is 16.1. The van der Waals surface area contributed by atoms with Crippen molar-refractivity contribution in [3.63, 3.8) is 0 Å². The number of benzene rings is 2. The van der Waals surface area contributed by atoms with Crippen molar-refractivity contribution in [1.82, 2.24) is 19.7 Å². The van der Waals surface area contributed by atoms with Gasteiger partial charge in [0.15, 0.2) is 5.69 Å². The SMILES string of the molecule is COc1cccc(-n2nc(C(F)(F)F)cc2CNCC(C)c2cn(C)c3ccccc23)c1. The first-order valence-electron chi connectivity index (χ1n) is 10.3. The van der Waals surface area contributed by atoms with Gasteiger partial charge in [-0.25, -0.2) is 4.68 Å². The summed E-state index contributed by atoms with van der Waals surface area (Å²) in [5.41, 5.74) is 2.38. The Morgan fingerprint density at radius 1 is 1.09 bits per heavy atom. The Hall–Kier alpha value is -3.26. The first-order valence-corrected chi connectivity index (χ1v) is 10.3. The van der Waals surface area contributed by atoms with Crippen LogP contribution in [0.1, 0.15) is 29.8 Å². The number of methoxy groups -OCH3 is 1. The molecular weight excluding hydrogens is 417 g/mol. The summed E-state index contributed by atoms with van der Waals surface area (Å²) in [7, 11) is 3.53. The summed E-state index contributed by atoms with van der Waals surface area (Å²) >= 11 is 0. The summed E-state index contributed by atoms with van der Waals surface area (Å²) in [6.45, 7) is 2.96. The molecule has 5 nitrogen and oxygen atoms in total. The lowest BCUT2D eigenvalue weighted by Crippen LogP contribution is -2.21. The highest BCUT2D eigenvalue weighted by molar-refractivity contribution is 5.84. The van der Waals surface area contributed by atoms with Gasteiger partial charge in [0.1, 0.15) is 5.75 Å². The van der Waals surface area contributed by atoms with Crippen molar-refractivity contribution in [1.29, 1.82) is 0 Å². The Labute approximate surface area is 184 Å². The second-order valence-corrected chi connectivity index (χ2v) is 7.88. The zero-order valence-corrected chi connectivity index (χ0v) is 18.1. The normalized spacial score (nSPS) is 12.9. The molecule has 2 aromatic carbocycles. The number of aromatic nitrogens is 3. The minimum Gasteiger partial charge on any atom is -0.497 e. The van der Waals surface area contributed by atoms with E-state index in [1.54, 1.807) is 24.3 Å². The van der Waals surface area contributed by atoms with Crippen LogP contribution in [-0.4, -0.2) is 28.0 Å². The van der Waals surface area contributed by atoms with Crippen molar-refractivity contribution in [2.24, 2.45) is 7.05 Å². The standard InChI is InChI=1S/C24H25F3N4O/c1-16(21-15-30(2)22-10-5-4-9-20(21)22)13-28-14-18-12-23(24(25,26)27)29-31(18)17-7-6-8-19(11-17)32-3/h4-12,15-16,28H,13-14H2,1-3H3. The van der Waals surface area contributed by atoms with Gasteiger partial charge in [-0.15, -0.1) is 0 Å². The number of hydrogen-bond acceptors (Lipinski definition) is 3. The molecule has 32 heavy (non-hydrogen) atoms. The summed E-state index contributed by atoms with van der Waals surface area (Å²) in [4.78, 5) is 0. The molecule has 0 fully saturated rings. The van der Waals surface area contributed by atoms with Gasteiger partial charge in [-0.1, -0.05) is 31.2 Å². The van der Waals surface area contributed by atoms with Crippen LogP contribution in [0, 0.1) is 0 Å². The monoisotopic (exact) mass is 442 g/mol. The number of ether oxygens (including phenoxy) is 1. The van der Waals surface area contributed by atoms with E-state index in [0.717, 1.165) is 11.6 Å². The first kappa shape index (κ1) is 22.0. The Balaban J connectivity index is 1.55. The number of halogens is 3.